The Balaban J connectivity index is 1.91. The van der Waals surface area contributed by atoms with Crippen molar-refractivity contribution in [1.82, 2.24) is 4.90 Å². The van der Waals surface area contributed by atoms with Crippen LogP contribution >= 0.6 is 11.8 Å². The number of benzene rings is 2. The Kier molecular flexibility index (Phi) is 7.98. The summed E-state index contributed by atoms with van der Waals surface area (Å²) in [4.78, 5) is 14.7. The molecule has 170 valence electrons. The van der Waals surface area contributed by atoms with E-state index in [1.807, 2.05) is 12.1 Å². The number of nitrogens with zero attached hydrogens (tertiary/aromatic N) is 2. The van der Waals surface area contributed by atoms with E-state index < -0.39 is 10.0 Å². The molecule has 0 spiro atoms. The van der Waals surface area contributed by atoms with Gasteiger partial charge in [0.05, 0.1) is 23.5 Å². The van der Waals surface area contributed by atoms with Crippen LogP contribution in [0.4, 0.5) is 0 Å². The molecule has 2 aromatic carbocycles. The first-order chi connectivity index (χ1) is 15.4. The van der Waals surface area contributed by atoms with E-state index in [1.54, 1.807) is 44.4 Å². The van der Waals surface area contributed by atoms with E-state index in [0.717, 1.165) is 30.2 Å². The highest BCUT2D eigenvalue weighted by atomic mass is 32.2. The summed E-state index contributed by atoms with van der Waals surface area (Å²) in [6, 6.07) is 13.4. The zero-order chi connectivity index (χ0) is 23.1. The number of rotatable bonds is 9. The molecular weight excluding hydrogens is 448 g/mol. The summed E-state index contributed by atoms with van der Waals surface area (Å²) in [5.74, 6) is 0.919. The fourth-order valence-corrected chi connectivity index (χ4v) is 5.24. The van der Waals surface area contributed by atoms with Gasteiger partial charge in [0.25, 0.3) is 15.9 Å². The zero-order valence-corrected chi connectivity index (χ0v) is 19.9. The van der Waals surface area contributed by atoms with Crippen molar-refractivity contribution >= 4 is 38.9 Å². The van der Waals surface area contributed by atoms with Crippen molar-refractivity contribution in [3.05, 3.63) is 59.0 Å². The summed E-state index contributed by atoms with van der Waals surface area (Å²) in [6.07, 6.45) is 3.64. The summed E-state index contributed by atoms with van der Waals surface area (Å²) in [6.45, 7) is 4.73. The van der Waals surface area contributed by atoms with Gasteiger partial charge in [-0.05, 0) is 61.0 Å². The predicted molar refractivity (Wildman–Crippen MR) is 127 cm³/mol. The second-order valence-corrected chi connectivity index (χ2v) is 9.55. The van der Waals surface area contributed by atoms with Crippen LogP contribution in [-0.2, 0) is 14.8 Å². The quantitative estimate of drug-likeness (QED) is 0.391. The minimum Gasteiger partial charge on any atom is -0.493 e. The number of thioether (sulfide) groups is 1. The van der Waals surface area contributed by atoms with Gasteiger partial charge in [0.2, 0.25) is 0 Å². The largest absolute Gasteiger partial charge is 0.493 e. The van der Waals surface area contributed by atoms with Gasteiger partial charge in [-0.1, -0.05) is 37.6 Å². The maximum absolute atomic E-state index is 12.9. The highest BCUT2D eigenvalue weighted by Crippen LogP contribution is 2.35. The van der Waals surface area contributed by atoms with E-state index in [2.05, 4.69) is 11.3 Å². The lowest BCUT2D eigenvalue weighted by molar-refractivity contribution is -0.122. The fourth-order valence-electron chi connectivity index (χ4n) is 2.98. The molecule has 1 heterocycles. The van der Waals surface area contributed by atoms with Crippen LogP contribution in [0.2, 0.25) is 0 Å². The lowest BCUT2D eigenvalue weighted by atomic mass is 10.2. The number of carbonyl (C=O) groups excluding carboxylic acids is 1. The van der Waals surface area contributed by atoms with Gasteiger partial charge in [-0.15, -0.1) is 4.40 Å². The highest BCUT2D eigenvalue weighted by molar-refractivity contribution is 8.19. The van der Waals surface area contributed by atoms with E-state index in [0.29, 0.717) is 29.6 Å². The molecule has 0 bridgehead atoms. The SMILES string of the molecule is CCCCOc1cc(/C=C2\SC(=NS(=O)(=O)c3ccccc3)N(CC)C2=O)ccc1OC. The van der Waals surface area contributed by atoms with Crippen molar-refractivity contribution in [2.45, 2.75) is 31.6 Å². The predicted octanol–water partition coefficient (Wildman–Crippen LogP) is 4.56. The standard InChI is InChI=1S/C23H26N2O5S2/c1-4-6-14-30-20-15-17(12-13-19(20)29-3)16-21-22(26)25(5-2)23(31-21)24-32(27,28)18-10-8-7-9-11-18/h7-13,15-16H,4-6,14H2,1-3H3/b21-16-,24-23?. The van der Waals surface area contributed by atoms with E-state index in [1.165, 1.54) is 17.0 Å². The molecule has 1 aliphatic rings. The summed E-state index contributed by atoms with van der Waals surface area (Å²) < 4.78 is 40.5. The minimum absolute atomic E-state index is 0.0815. The number of methoxy groups -OCH3 is 1. The van der Waals surface area contributed by atoms with Gasteiger partial charge in [-0.3, -0.25) is 9.69 Å². The Morgan fingerprint density at radius 1 is 1.09 bits per heavy atom. The molecule has 0 aliphatic carbocycles. The first-order valence-electron chi connectivity index (χ1n) is 10.3. The number of hydrogen-bond acceptors (Lipinski definition) is 6. The first kappa shape index (κ1) is 23.9. The van der Waals surface area contributed by atoms with Crippen LogP contribution in [0.3, 0.4) is 0 Å². The van der Waals surface area contributed by atoms with Crippen molar-refractivity contribution in [2.75, 3.05) is 20.3 Å². The summed E-state index contributed by atoms with van der Waals surface area (Å²) in [5, 5.41) is 0.139. The number of likely N-dealkylation sites (N-methyl/N-ethyl adjacent to an activating group) is 1. The Hall–Kier alpha value is -2.78. The normalized spacial score (nSPS) is 16.7. The van der Waals surface area contributed by atoms with Gasteiger partial charge >= 0.3 is 0 Å². The van der Waals surface area contributed by atoms with E-state index in [-0.39, 0.29) is 16.0 Å². The monoisotopic (exact) mass is 474 g/mol. The Morgan fingerprint density at radius 2 is 1.84 bits per heavy atom. The molecule has 32 heavy (non-hydrogen) atoms. The van der Waals surface area contributed by atoms with Crippen molar-refractivity contribution in [1.29, 1.82) is 0 Å². The molecule has 2 aromatic rings. The van der Waals surface area contributed by atoms with Gasteiger partial charge in [-0.2, -0.15) is 8.42 Å². The van der Waals surface area contributed by atoms with Crippen LogP contribution in [0.15, 0.2) is 62.7 Å². The van der Waals surface area contributed by atoms with Crippen LogP contribution in [0.5, 0.6) is 11.5 Å². The Bertz CT molecular complexity index is 1130. The maximum atomic E-state index is 12.9. The average molecular weight is 475 g/mol. The lowest BCUT2D eigenvalue weighted by Gasteiger charge is -2.12. The average Bonchev–Trinajstić information content (AvgIpc) is 3.07. The third-order valence-corrected chi connectivity index (χ3v) is 7.09. The van der Waals surface area contributed by atoms with E-state index >= 15 is 0 Å². The number of hydrogen-bond donors (Lipinski definition) is 0. The van der Waals surface area contributed by atoms with E-state index in [4.69, 9.17) is 9.47 Å². The highest BCUT2D eigenvalue weighted by Gasteiger charge is 2.34. The summed E-state index contributed by atoms with van der Waals surface area (Å²) in [7, 11) is -2.35. The molecule has 0 atom stereocenters. The third-order valence-electron chi connectivity index (χ3n) is 4.68. The van der Waals surface area contributed by atoms with Crippen LogP contribution in [0, 0.1) is 0 Å². The molecule has 0 saturated carbocycles. The molecule has 3 rings (SSSR count). The molecule has 0 N–H and O–H groups in total. The topological polar surface area (TPSA) is 85.3 Å². The van der Waals surface area contributed by atoms with Gasteiger partial charge < -0.3 is 9.47 Å². The van der Waals surface area contributed by atoms with Gasteiger partial charge in [0, 0.05) is 6.54 Å². The molecule has 1 fully saturated rings. The first-order valence-corrected chi connectivity index (χ1v) is 12.6. The number of carbonyl (C=O) groups is 1. The molecule has 7 nitrogen and oxygen atoms in total. The van der Waals surface area contributed by atoms with Crippen LogP contribution in [0.25, 0.3) is 6.08 Å². The van der Waals surface area contributed by atoms with Gasteiger partial charge in [0.15, 0.2) is 16.7 Å². The Labute approximate surface area is 193 Å². The van der Waals surface area contributed by atoms with Gasteiger partial charge in [-0.25, -0.2) is 0 Å². The molecule has 0 aromatic heterocycles. The van der Waals surface area contributed by atoms with Crippen LogP contribution in [0.1, 0.15) is 32.3 Å². The molecular formula is C23H26N2O5S2. The summed E-state index contributed by atoms with van der Waals surface area (Å²) >= 11 is 1.04. The second-order valence-electron chi connectivity index (χ2n) is 6.93. The Morgan fingerprint density at radius 3 is 2.50 bits per heavy atom. The number of unbranched alkanes of at least 4 members (excludes halogenated alkanes) is 1. The van der Waals surface area contributed by atoms with Crippen molar-refractivity contribution in [3.8, 4) is 11.5 Å². The molecule has 1 aliphatic heterocycles. The molecule has 0 radical (unpaired) electrons. The second kappa shape index (κ2) is 10.7. The van der Waals surface area contributed by atoms with Crippen LogP contribution < -0.4 is 9.47 Å². The van der Waals surface area contributed by atoms with E-state index in [9.17, 15) is 13.2 Å². The van der Waals surface area contributed by atoms with Crippen molar-refractivity contribution < 1.29 is 22.7 Å². The molecule has 1 amide bonds. The lowest BCUT2D eigenvalue weighted by Crippen LogP contribution is -2.29. The summed E-state index contributed by atoms with van der Waals surface area (Å²) in [5.41, 5.74) is 0.747. The smallest absolute Gasteiger partial charge is 0.284 e. The zero-order valence-electron chi connectivity index (χ0n) is 18.3. The van der Waals surface area contributed by atoms with Crippen molar-refractivity contribution in [3.63, 3.8) is 0 Å². The molecule has 9 heteroatoms. The maximum Gasteiger partial charge on any atom is 0.284 e. The fraction of sp³-hybridized carbons (Fsp3) is 0.304. The number of amidine groups is 1. The minimum atomic E-state index is -3.93. The number of ether oxygens (including phenoxy) is 2. The number of amides is 1. The van der Waals surface area contributed by atoms with Gasteiger partial charge in [0.1, 0.15) is 0 Å². The molecule has 0 unspecified atom stereocenters. The van der Waals surface area contributed by atoms with Crippen molar-refractivity contribution in [2.24, 2.45) is 4.40 Å². The number of sulfonamides is 1. The third kappa shape index (κ3) is 5.52. The van der Waals surface area contributed by atoms with Crippen LogP contribution in [-0.4, -0.2) is 44.7 Å². The molecule has 1 saturated heterocycles.